The summed E-state index contributed by atoms with van der Waals surface area (Å²) in [6, 6.07) is 9.06. The van der Waals surface area contributed by atoms with Crippen LogP contribution in [0.1, 0.15) is 32.6 Å². The maximum absolute atomic E-state index is 6.51. The highest BCUT2D eigenvalue weighted by Gasteiger charge is 2.27. The summed E-state index contributed by atoms with van der Waals surface area (Å²) in [6.07, 6.45) is 0. The Balaban J connectivity index is 2.34. The molecule has 7 heteroatoms. The van der Waals surface area contributed by atoms with Gasteiger partial charge in [-0.05, 0) is 29.7 Å². The zero-order valence-electron chi connectivity index (χ0n) is 18.6. The van der Waals surface area contributed by atoms with Crippen molar-refractivity contribution < 1.29 is 18.9 Å². The third-order valence-corrected chi connectivity index (χ3v) is 5.09. The van der Waals surface area contributed by atoms with E-state index in [1.54, 1.807) is 28.4 Å². The van der Waals surface area contributed by atoms with Crippen LogP contribution in [0.15, 0.2) is 30.3 Å². The van der Waals surface area contributed by atoms with Gasteiger partial charge in [0.25, 0.3) is 0 Å². The van der Waals surface area contributed by atoms with Crippen LogP contribution in [-0.4, -0.2) is 38.4 Å². The minimum absolute atomic E-state index is 0.209. The van der Waals surface area contributed by atoms with Crippen LogP contribution in [0.3, 0.4) is 0 Å². The van der Waals surface area contributed by atoms with Gasteiger partial charge < -0.3 is 24.7 Å². The van der Waals surface area contributed by atoms with Gasteiger partial charge in [-0.2, -0.15) is 0 Å². The van der Waals surface area contributed by atoms with E-state index in [0.29, 0.717) is 28.8 Å². The van der Waals surface area contributed by atoms with Crippen molar-refractivity contribution in [1.82, 2.24) is 9.97 Å². The molecule has 0 aliphatic carbocycles. The molecule has 160 valence electrons. The second kappa shape index (κ2) is 8.36. The van der Waals surface area contributed by atoms with Crippen LogP contribution in [0.5, 0.6) is 23.0 Å². The largest absolute Gasteiger partial charge is 0.493 e. The van der Waals surface area contributed by atoms with Gasteiger partial charge in [0.2, 0.25) is 0 Å². The van der Waals surface area contributed by atoms with E-state index < -0.39 is 0 Å². The van der Waals surface area contributed by atoms with E-state index in [2.05, 4.69) is 20.8 Å². The number of methoxy groups -OCH3 is 4. The molecule has 0 aliphatic rings. The average Bonchev–Trinajstić information content (AvgIpc) is 2.75. The zero-order valence-corrected chi connectivity index (χ0v) is 18.6. The molecule has 0 amide bonds. The second-order valence-corrected chi connectivity index (χ2v) is 8.07. The molecular weight excluding hydrogens is 382 g/mol. The lowest BCUT2D eigenvalue weighted by atomic mass is 9.86. The number of hydrogen-bond donors (Lipinski definition) is 1. The first kappa shape index (κ1) is 21.6. The zero-order chi connectivity index (χ0) is 22.1. The van der Waals surface area contributed by atoms with E-state index in [-0.39, 0.29) is 11.5 Å². The van der Waals surface area contributed by atoms with Crippen molar-refractivity contribution in [3.8, 4) is 34.3 Å². The molecule has 2 aromatic carbocycles. The van der Waals surface area contributed by atoms with Gasteiger partial charge in [-0.25, -0.2) is 9.97 Å². The Bertz CT molecular complexity index is 1060. The van der Waals surface area contributed by atoms with Gasteiger partial charge in [-0.1, -0.05) is 20.8 Å². The number of nitrogens with two attached hydrogens (primary N) is 1. The van der Waals surface area contributed by atoms with Crippen molar-refractivity contribution in [3.05, 3.63) is 36.2 Å². The van der Waals surface area contributed by atoms with E-state index in [1.807, 2.05) is 30.3 Å². The minimum atomic E-state index is -0.353. The van der Waals surface area contributed by atoms with E-state index in [0.717, 1.165) is 22.2 Å². The van der Waals surface area contributed by atoms with Crippen LogP contribution in [0.25, 0.3) is 22.2 Å². The van der Waals surface area contributed by atoms with Crippen LogP contribution < -0.4 is 24.7 Å². The molecule has 2 N–H and O–H groups in total. The summed E-state index contributed by atoms with van der Waals surface area (Å²) in [4.78, 5) is 9.63. The Hall–Kier alpha value is -3.06. The Morgan fingerprint density at radius 3 is 1.90 bits per heavy atom. The Labute approximate surface area is 177 Å². The summed E-state index contributed by atoms with van der Waals surface area (Å²) in [6.45, 7) is 6.20. The smallest absolute Gasteiger partial charge is 0.162 e. The number of hydrogen-bond acceptors (Lipinski definition) is 7. The van der Waals surface area contributed by atoms with E-state index in [1.165, 1.54) is 0 Å². The van der Waals surface area contributed by atoms with E-state index in [4.69, 9.17) is 34.6 Å². The summed E-state index contributed by atoms with van der Waals surface area (Å²) in [7, 11) is 6.41. The maximum Gasteiger partial charge on any atom is 0.162 e. The monoisotopic (exact) mass is 411 g/mol. The van der Waals surface area contributed by atoms with Crippen molar-refractivity contribution in [2.75, 3.05) is 28.4 Å². The third kappa shape index (κ3) is 3.98. The lowest BCUT2D eigenvalue weighted by molar-refractivity contribution is 0.316. The summed E-state index contributed by atoms with van der Waals surface area (Å²) in [5.41, 5.74) is 8.62. The third-order valence-electron chi connectivity index (χ3n) is 5.09. The second-order valence-electron chi connectivity index (χ2n) is 8.07. The lowest BCUT2D eigenvalue weighted by Gasteiger charge is -2.26. The van der Waals surface area contributed by atoms with Gasteiger partial charge in [0.15, 0.2) is 23.0 Å². The molecular formula is C23H29N3O4. The molecule has 0 radical (unpaired) electrons. The van der Waals surface area contributed by atoms with Gasteiger partial charge in [0.1, 0.15) is 5.82 Å². The summed E-state index contributed by atoms with van der Waals surface area (Å²) >= 11 is 0. The molecule has 1 atom stereocenters. The summed E-state index contributed by atoms with van der Waals surface area (Å²) < 4.78 is 21.8. The number of ether oxygens (including phenoxy) is 4. The first-order chi connectivity index (χ1) is 14.2. The fraction of sp³-hybridized carbons (Fsp3) is 0.391. The highest BCUT2D eigenvalue weighted by Crippen LogP contribution is 2.39. The molecule has 0 bridgehead atoms. The Morgan fingerprint density at radius 1 is 0.767 bits per heavy atom. The number of nitrogens with zero attached hydrogens (tertiary/aromatic N) is 2. The fourth-order valence-corrected chi connectivity index (χ4v) is 3.20. The first-order valence-electron chi connectivity index (χ1n) is 9.65. The quantitative estimate of drug-likeness (QED) is 0.644. The lowest BCUT2D eigenvalue weighted by Crippen LogP contribution is -2.28. The van der Waals surface area contributed by atoms with Crippen molar-refractivity contribution in [3.63, 3.8) is 0 Å². The molecule has 0 saturated carbocycles. The Morgan fingerprint density at radius 2 is 1.33 bits per heavy atom. The number of fused-ring (bicyclic) bond motifs is 1. The van der Waals surface area contributed by atoms with Gasteiger partial charge >= 0.3 is 0 Å². The maximum atomic E-state index is 6.51. The molecule has 0 spiro atoms. The van der Waals surface area contributed by atoms with Gasteiger partial charge in [-0.3, -0.25) is 0 Å². The van der Waals surface area contributed by atoms with Crippen LogP contribution in [0, 0.1) is 5.41 Å². The predicted molar refractivity (Wildman–Crippen MR) is 118 cm³/mol. The topological polar surface area (TPSA) is 88.7 Å². The molecule has 3 rings (SSSR count). The van der Waals surface area contributed by atoms with Crippen molar-refractivity contribution >= 4 is 10.9 Å². The number of rotatable bonds is 6. The molecule has 1 aromatic heterocycles. The van der Waals surface area contributed by atoms with Crippen LogP contribution in [0.4, 0.5) is 0 Å². The fourth-order valence-electron chi connectivity index (χ4n) is 3.20. The molecule has 0 fully saturated rings. The summed E-state index contributed by atoms with van der Waals surface area (Å²) in [5.74, 6) is 3.02. The molecule has 7 nitrogen and oxygen atoms in total. The predicted octanol–water partition coefficient (Wildman–Crippen LogP) is 4.38. The van der Waals surface area contributed by atoms with Gasteiger partial charge in [0.05, 0.1) is 45.7 Å². The molecule has 1 unspecified atom stereocenters. The SMILES string of the molecule is COc1ccc(-c2nc(C(N)C(C)(C)C)nc3cc(OC)c(OC)cc23)cc1OC. The first-order valence-corrected chi connectivity index (χ1v) is 9.65. The van der Waals surface area contributed by atoms with E-state index >= 15 is 0 Å². The molecule has 30 heavy (non-hydrogen) atoms. The van der Waals surface area contributed by atoms with Gasteiger partial charge in [-0.15, -0.1) is 0 Å². The van der Waals surface area contributed by atoms with Crippen LogP contribution in [0.2, 0.25) is 0 Å². The summed E-state index contributed by atoms with van der Waals surface area (Å²) in [5, 5.41) is 0.824. The minimum Gasteiger partial charge on any atom is -0.493 e. The molecule has 0 aliphatic heterocycles. The Kier molecular flexibility index (Phi) is 6.03. The van der Waals surface area contributed by atoms with Crippen LogP contribution in [-0.2, 0) is 0 Å². The van der Waals surface area contributed by atoms with Gasteiger partial charge in [0, 0.05) is 17.0 Å². The van der Waals surface area contributed by atoms with Crippen LogP contribution >= 0.6 is 0 Å². The number of benzene rings is 2. The highest BCUT2D eigenvalue weighted by atomic mass is 16.5. The van der Waals surface area contributed by atoms with Crippen molar-refractivity contribution in [2.24, 2.45) is 11.1 Å². The highest BCUT2D eigenvalue weighted by molar-refractivity contribution is 5.95. The number of aromatic nitrogens is 2. The molecule has 3 aromatic rings. The average molecular weight is 412 g/mol. The van der Waals surface area contributed by atoms with Crippen molar-refractivity contribution in [1.29, 1.82) is 0 Å². The normalized spacial score (nSPS) is 12.5. The van der Waals surface area contributed by atoms with E-state index in [9.17, 15) is 0 Å². The molecule has 1 heterocycles. The molecule has 0 saturated heterocycles. The standard InChI is InChI=1S/C23H29N3O4/c1-23(2,3)21(24)22-25-15-12-19(30-7)18(29-6)11-14(15)20(26-22)13-8-9-16(27-4)17(10-13)28-5/h8-12,21H,24H2,1-7H3. The van der Waals surface area contributed by atoms with Crippen molar-refractivity contribution in [2.45, 2.75) is 26.8 Å².